The molecule has 0 aliphatic rings. The second-order valence-electron chi connectivity index (χ2n) is 4.46. The molecular formula is C16H17OSi. The molecule has 0 aliphatic carbocycles. The van der Waals surface area contributed by atoms with Gasteiger partial charge in [0.25, 0.3) is 0 Å². The van der Waals surface area contributed by atoms with Crippen LogP contribution in [0.1, 0.15) is 24.0 Å². The van der Waals surface area contributed by atoms with E-state index in [1.807, 2.05) is 36.4 Å². The van der Waals surface area contributed by atoms with Gasteiger partial charge in [-0.2, -0.15) is 0 Å². The summed E-state index contributed by atoms with van der Waals surface area (Å²) in [6.07, 6.45) is 1.64. The van der Waals surface area contributed by atoms with Gasteiger partial charge in [0.1, 0.15) is 0 Å². The molecule has 91 valence electrons. The first-order valence-electron chi connectivity index (χ1n) is 6.24. The molecule has 1 nitrogen and oxygen atoms in total. The summed E-state index contributed by atoms with van der Waals surface area (Å²) in [4.78, 5) is 0. The topological polar surface area (TPSA) is 20.2 Å². The summed E-state index contributed by atoms with van der Waals surface area (Å²) < 4.78 is 0. The van der Waals surface area contributed by atoms with Gasteiger partial charge in [-0.05, 0) is 24.0 Å². The van der Waals surface area contributed by atoms with Crippen LogP contribution in [0.3, 0.4) is 0 Å². The predicted octanol–water partition coefficient (Wildman–Crippen LogP) is 2.87. The highest BCUT2D eigenvalue weighted by molar-refractivity contribution is 6.18. The second kappa shape index (κ2) is 5.98. The zero-order valence-electron chi connectivity index (χ0n) is 10.3. The first-order chi connectivity index (χ1) is 8.77. The van der Waals surface area contributed by atoms with Gasteiger partial charge in [-0.15, -0.1) is 0 Å². The van der Waals surface area contributed by atoms with Gasteiger partial charge in [0.2, 0.25) is 0 Å². The Morgan fingerprint density at radius 2 is 1.28 bits per heavy atom. The lowest BCUT2D eigenvalue weighted by atomic mass is 9.86. The van der Waals surface area contributed by atoms with Crippen LogP contribution in [0.15, 0.2) is 60.7 Å². The minimum atomic E-state index is -0.217. The maximum absolute atomic E-state index is 9.10. The summed E-state index contributed by atoms with van der Waals surface area (Å²) in [5.41, 5.74) is 2.45. The minimum absolute atomic E-state index is 0.214. The lowest BCUT2D eigenvalue weighted by Crippen LogP contribution is -2.28. The molecule has 0 bridgehead atoms. The zero-order valence-corrected chi connectivity index (χ0v) is 11.3. The third-order valence-corrected chi connectivity index (χ3v) is 4.07. The Labute approximate surface area is 112 Å². The number of hydrogen-bond acceptors (Lipinski definition) is 1. The highest BCUT2D eigenvalue weighted by atomic mass is 28.1. The van der Waals surface area contributed by atoms with Crippen molar-refractivity contribution in [3.8, 4) is 0 Å². The average molecular weight is 253 g/mol. The van der Waals surface area contributed by atoms with E-state index in [4.69, 9.17) is 5.11 Å². The summed E-state index contributed by atoms with van der Waals surface area (Å²) in [7, 11) is 3.95. The van der Waals surface area contributed by atoms with E-state index in [1.165, 1.54) is 11.1 Å². The van der Waals surface area contributed by atoms with Crippen molar-refractivity contribution in [2.24, 2.45) is 0 Å². The first-order valence-corrected chi connectivity index (χ1v) is 6.74. The third-order valence-electron chi connectivity index (χ3n) is 3.24. The van der Waals surface area contributed by atoms with E-state index in [2.05, 4.69) is 34.5 Å². The summed E-state index contributed by atoms with van der Waals surface area (Å²) in [6, 6.07) is 20.7. The van der Waals surface area contributed by atoms with Crippen molar-refractivity contribution in [3.05, 3.63) is 71.8 Å². The van der Waals surface area contributed by atoms with E-state index in [1.54, 1.807) is 0 Å². The Hall–Kier alpha value is -1.38. The highest BCUT2D eigenvalue weighted by Crippen LogP contribution is 2.33. The van der Waals surface area contributed by atoms with Crippen LogP contribution in [0.5, 0.6) is 0 Å². The van der Waals surface area contributed by atoms with Crippen LogP contribution in [0.25, 0.3) is 0 Å². The molecule has 0 atom stereocenters. The molecule has 0 heterocycles. The molecule has 0 aliphatic heterocycles. The van der Waals surface area contributed by atoms with Crippen molar-refractivity contribution in [2.45, 2.75) is 17.9 Å². The summed E-state index contributed by atoms with van der Waals surface area (Å²) >= 11 is 0. The van der Waals surface area contributed by atoms with Crippen molar-refractivity contribution >= 4 is 10.2 Å². The van der Waals surface area contributed by atoms with Crippen molar-refractivity contribution in [1.82, 2.24) is 0 Å². The number of hydrogen-bond donors (Lipinski definition) is 1. The summed E-state index contributed by atoms with van der Waals surface area (Å²) in [5, 5.41) is 8.88. The molecule has 0 saturated carbocycles. The van der Waals surface area contributed by atoms with E-state index in [0.717, 1.165) is 12.8 Å². The van der Waals surface area contributed by atoms with Gasteiger partial charge in [-0.3, -0.25) is 0 Å². The normalized spacial score (nSPS) is 11.4. The molecule has 2 aromatic carbocycles. The third kappa shape index (κ3) is 2.71. The molecule has 2 aromatic rings. The van der Waals surface area contributed by atoms with Crippen molar-refractivity contribution in [1.29, 1.82) is 0 Å². The highest BCUT2D eigenvalue weighted by Gasteiger charge is 2.27. The predicted molar refractivity (Wildman–Crippen MR) is 75.7 cm³/mol. The lowest BCUT2D eigenvalue weighted by molar-refractivity contribution is 0.279. The fraction of sp³-hybridized carbons (Fsp3) is 0.250. The number of aliphatic hydroxyl groups excluding tert-OH is 1. The SMILES string of the molecule is OCCCC([Si])(c1ccccc1)c1ccccc1. The average Bonchev–Trinajstić information content (AvgIpc) is 2.46. The van der Waals surface area contributed by atoms with E-state index >= 15 is 0 Å². The molecule has 0 saturated heterocycles. The molecule has 0 spiro atoms. The zero-order chi connectivity index (χ0) is 12.8. The molecule has 0 unspecified atom stereocenters. The Kier molecular flexibility index (Phi) is 4.34. The lowest BCUT2D eigenvalue weighted by Gasteiger charge is -2.31. The van der Waals surface area contributed by atoms with Gasteiger partial charge in [-0.1, -0.05) is 60.7 Å². The van der Waals surface area contributed by atoms with Crippen LogP contribution in [-0.4, -0.2) is 22.0 Å². The van der Waals surface area contributed by atoms with E-state index in [0.29, 0.717) is 0 Å². The summed E-state index contributed by atoms with van der Waals surface area (Å²) in [5.74, 6) is 0. The van der Waals surface area contributed by atoms with Gasteiger partial charge in [0.05, 0.1) is 0 Å². The minimum Gasteiger partial charge on any atom is -0.396 e. The fourth-order valence-electron chi connectivity index (χ4n) is 2.24. The van der Waals surface area contributed by atoms with Crippen LogP contribution in [0.4, 0.5) is 0 Å². The second-order valence-corrected chi connectivity index (χ2v) is 5.32. The Bertz CT molecular complexity index is 427. The van der Waals surface area contributed by atoms with Gasteiger partial charge >= 0.3 is 0 Å². The maximum atomic E-state index is 9.10. The largest absolute Gasteiger partial charge is 0.396 e. The van der Waals surface area contributed by atoms with E-state index < -0.39 is 0 Å². The quantitative estimate of drug-likeness (QED) is 0.812. The monoisotopic (exact) mass is 253 g/mol. The van der Waals surface area contributed by atoms with Crippen molar-refractivity contribution < 1.29 is 5.11 Å². The van der Waals surface area contributed by atoms with Gasteiger partial charge < -0.3 is 5.11 Å². The van der Waals surface area contributed by atoms with Crippen LogP contribution in [-0.2, 0) is 5.04 Å². The smallest absolute Gasteiger partial charge is 0.0444 e. The maximum Gasteiger partial charge on any atom is 0.0444 e. The van der Waals surface area contributed by atoms with Crippen LogP contribution in [0, 0.1) is 0 Å². The summed E-state index contributed by atoms with van der Waals surface area (Å²) in [6.45, 7) is 0.214. The molecule has 0 amide bonds. The van der Waals surface area contributed by atoms with Gasteiger partial charge in [-0.25, -0.2) is 0 Å². The van der Waals surface area contributed by atoms with Gasteiger partial charge in [0.15, 0.2) is 0 Å². The van der Waals surface area contributed by atoms with Crippen LogP contribution < -0.4 is 0 Å². The van der Waals surface area contributed by atoms with Crippen LogP contribution >= 0.6 is 0 Å². The molecular weight excluding hydrogens is 236 g/mol. The van der Waals surface area contributed by atoms with E-state index in [-0.39, 0.29) is 11.6 Å². The van der Waals surface area contributed by atoms with Crippen LogP contribution in [0.2, 0.25) is 0 Å². The molecule has 0 aromatic heterocycles. The van der Waals surface area contributed by atoms with Crippen molar-refractivity contribution in [2.75, 3.05) is 6.61 Å². The molecule has 0 fully saturated rings. The molecule has 2 rings (SSSR count). The van der Waals surface area contributed by atoms with Crippen molar-refractivity contribution in [3.63, 3.8) is 0 Å². The fourth-order valence-corrected chi connectivity index (χ4v) is 2.76. The molecule has 1 N–H and O–H groups in total. The molecule has 3 radical (unpaired) electrons. The Balaban J connectivity index is 2.41. The Morgan fingerprint density at radius 3 is 1.67 bits per heavy atom. The first kappa shape index (κ1) is 13.1. The number of rotatable bonds is 5. The molecule has 2 heteroatoms. The molecule has 18 heavy (non-hydrogen) atoms. The van der Waals surface area contributed by atoms with E-state index in [9.17, 15) is 0 Å². The number of benzene rings is 2. The Morgan fingerprint density at radius 1 is 0.833 bits per heavy atom. The standard InChI is InChI=1S/C16H17OSi/c17-13-7-12-16(18,14-8-3-1-4-9-14)15-10-5-2-6-11-15/h1-6,8-11,17H,7,12-13H2. The van der Waals surface area contributed by atoms with Gasteiger partial charge in [0, 0.05) is 21.9 Å². The number of aliphatic hydroxyl groups is 1.